The lowest BCUT2D eigenvalue weighted by molar-refractivity contribution is 0.0781. The average Bonchev–Trinajstić information content (AvgIpc) is 3.09. The molecule has 1 unspecified atom stereocenters. The lowest BCUT2D eigenvalue weighted by Gasteiger charge is -2.14. The molecule has 1 atom stereocenters. The third-order valence-electron chi connectivity index (χ3n) is 3.03. The lowest BCUT2D eigenvalue weighted by atomic mass is 10.3. The maximum atomic E-state index is 12.1. The number of nitrogens with one attached hydrogen (secondary N) is 1. The number of carbonyl (C=O) groups excluding carboxylic acids is 1. The summed E-state index contributed by atoms with van der Waals surface area (Å²) >= 11 is 3.37. The van der Waals surface area contributed by atoms with Crippen LogP contribution < -0.4 is 0 Å². The van der Waals surface area contributed by atoms with Crippen LogP contribution in [-0.2, 0) is 0 Å². The summed E-state index contributed by atoms with van der Waals surface area (Å²) in [5.41, 5.74) is 0.359. The van der Waals surface area contributed by atoms with E-state index < -0.39 is 0 Å². The second kappa shape index (κ2) is 4.52. The van der Waals surface area contributed by atoms with E-state index in [-0.39, 0.29) is 11.9 Å². The van der Waals surface area contributed by atoms with E-state index in [0.29, 0.717) is 18.8 Å². The summed E-state index contributed by atoms with van der Waals surface area (Å²) < 4.78 is 2.84. The van der Waals surface area contributed by atoms with Gasteiger partial charge in [-0.3, -0.25) is 9.48 Å². The molecule has 1 saturated heterocycles. The number of H-pyrrole nitrogens is 1. The quantitative estimate of drug-likeness (QED) is 0.892. The van der Waals surface area contributed by atoms with Gasteiger partial charge in [0, 0.05) is 19.3 Å². The van der Waals surface area contributed by atoms with Crippen molar-refractivity contribution in [2.45, 2.75) is 12.5 Å². The van der Waals surface area contributed by atoms with Crippen LogP contribution in [-0.4, -0.2) is 49.1 Å². The van der Waals surface area contributed by atoms with Crippen molar-refractivity contribution in [3.8, 4) is 0 Å². The number of carbonyl (C=O) groups is 1. The Kier molecular flexibility index (Phi) is 2.86. The van der Waals surface area contributed by atoms with Crippen LogP contribution in [0, 0.1) is 0 Å². The molecule has 2 aromatic heterocycles. The molecule has 8 heteroatoms. The van der Waals surface area contributed by atoms with Gasteiger partial charge in [-0.1, -0.05) is 0 Å². The highest BCUT2D eigenvalue weighted by atomic mass is 79.9. The van der Waals surface area contributed by atoms with Crippen LogP contribution in [0.15, 0.2) is 23.1 Å². The molecule has 3 rings (SSSR count). The fourth-order valence-corrected chi connectivity index (χ4v) is 2.42. The third kappa shape index (κ3) is 2.03. The zero-order chi connectivity index (χ0) is 12.5. The average molecular weight is 311 g/mol. The Labute approximate surface area is 111 Å². The number of likely N-dealkylation sites (tertiary alicyclic amines) is 1. The van der Waals surface area contributed by atoms with Crippen LogP contribution in [0.5, 0.6) is 0 Å². The molecule has 1 aliphatic rings. The number of aromatic amines is 1. The van der Waals surface area contributed by atoms with Crippen LogP contribution in [0.25, 0.3) is 0 Å². The Hall–Kier alpha value is -1.70. The normalized spacial score (nSPS) is 19.4. The minimum atomic E-state index is -0.0857. The molecule has 0 spiro atoms. The maximum Gasteiger partial charge on any atom is 0.276 e. The van der Waals surface area contributed by atoms with Crippen LogP contribution in [0.1, 0.15) is 23.0 Å². The number of halogens is 1. The molecule has 18 heavy (non-hydrogen) atoms. The maximum absolute atomic E-state index is 12.1. The first kappa shape index (κ1) is 11.4. The Morgan fingerprint density at radius 1 is 1.50 bits per heavy atom. The molecule has 3 heterocycles. The SMILES string of the molecule is O=C(c1cn[nH]n1)N1CCC(n2cc(Br)cn2)C1. The van der Waals surface area contributed by atoms with E-state index in [1.165, 1.54) is 6.20 Å². The van der Waals surface area contributed by atoms with Gasteiger partial charge < -0.3 is 4.90 Å². The van der Waals surface area contributed by atoms with Gasteiger partial charge in [0.15, 0.2) is 5.69 Å². The van der Waals surface area contributed by atoms with Gasteiger partial charge in [0.2, 0.25) is 0 Å². The predicted octanol–water partition coefficient (Wildman–Crippen LogP) is 0.851. The van der Waals surface area contributed by atoms with E-state index in [1.807, 2.05) is 10.9 Å². The van der Waals surface area contributed by atoms with Gasteiger partial charge in [0.05, 0.1) is 22.9 Å². The minimum absolute atomic E-state index is 0.0857. The van der Waals surface area contributed by atoms with Crippen molar-refractivity contribution in [2.24, 2.45) is 0 Å². The molecule has 0 saturated carbocycles. The van der Waals surface area contributed by atoms with Crippen LogP contribution in [0.3, 0.4) is 0 Å². The van der Waals surface area contributed by atoms with Crippen LogP contribution >= 0.6 is 15.9 Å². The van der Waals surface area contributed by atoms with Crippen molar-refractivity contribution in [1.29, 1.82) is 0 Å². The van der Waals surface area contributed by atoms with Crippen molar-refractivity contribution in [3.63, 3.8) is 0 Å². The largest absolute Gasteiger partial charge is 0.335 e. The molecule has 0 aliphatic carbocycles. The topological polar surface area (TPSA) is 79.7 Å². The van der Waals surface area contributed by atoms with E-state index in [0.717, 1.165) is 10.9 Å². The monoisotopic (exact) mass is 310 g/mol. The fraction of sp³-hybridized carbons (Fsp3) is 0.400. The summed E-state index contributed by atoms with van der Waals surface area (Å²) in [6, 6.07) is 0.229. The summed E-state index contributed by atoms with van der Waals surface area (Å²) in [5.74, 6) is -0.0857. The molecule has 1 N–H and O–H groups in total. The standard InChI is InChI=1S/C10H11BrN6O/c11-7-3-13-17(5-7)8-1-2-16(6-8)10(18)9-4-12-15-14-9/h3-5,8H,1-2,6H2,(H,12,14,15). The first-order valence-electron chi connectivity index (χ1n) is 5.59. The van der Waals surface area contributed by atoms with Crippen molar-refractivity contribution in [1.82, 2.24) is 30.1 Å². The predicted molar refractivity (Wildman–Crippen MR) is 65.9 cm³/mol. The first-order valence-corrected chi connectivity index (χ1v) is 6.38. The van der Waals surface area contributed by atoms with Crippen LogP contribution in [0.4, 0.5) is 0 Å². The molecule has 7 nitrogen and oxygen atoms in total. The van der Waals surface area contributed by atoms with E-state index in [4.69, 9.17) is 0 Å². The van der Waals surface area contributed by atoms with Gasteiger partial charge in [-0.15, -0.1) is 0 Å². The summed E-state index contributed by atoms with van der Waals surface area (Å²) in [7, 11) is 0. The Morgan fingerprint density at radius 2 is 2.39 bits per heavy atom. The highest BCUT2D eigenvalue weighted by molar-refractivity contribution is 9.10. The molecule has 0 aromatic carbocycles. The zero-order valence-electron chi connectivity index (χ0n) is 9.45. The van der Waals surface area contributed by atoms with Gasteiger partial charge in [-0.05, 0) is 22.4 Å². The van der Waals surface area contributed by atoms with Crippen molar-refractivity contribution in [2.75, 3.05) is 13.1 Å². The summed E-state index contributed by atoms with van der Waals surface area (Å²) in [6.45, 7) is 1.37. The third-order valence-corrected chi connectivity index (χ3v) is 3.44. The van der Waals surface area contributed by atoms with Crippen molar-refractivity contribution < 1.29 is 4.79 Å². The van der Waals surface area contributed by atoms with E-state index in [1.54, 1.807) is 11.1 Å². The van der Waals surface area contributed by atoms with Gasteiger partial charge in [-0.25, -0.2) is 0 Å². The molecule has 94 valence electrons. The fourth-order valence-electron chi connectivity index (χ4n) is 2.12. The molecule has 1 aliphatic heterocycles. The van der Waals surface area contributed by atoms with Gasteiger partial charge in [0.1, 0.15) is 0 Å². The molecular formula is C10H11BrN6O. The smallest absolute Gasteiger partial charge is 0.276 e. The molecule has 1 fully saturated rings. The Morgan fingerprint density at radius 3 is 3.06 bits per heavy atom. The summed E-state index contributed by atoms with van der Waals surface area (Å²) in [5, 5.41) is 14.2. The summed E-state index contributed by atoms with van der Waals surface area (Å²) in [4.78, 5) is 13.8. The number of nitrogens with zero attached hydrogens (tertiary/aromatic N) is 5. The van der Waals surface area contributed by atoms with E-state index >= 15 is 0 Å². The number of amides is 1. The van der Waals surface area contributed by atoms with Crippen LogP contribution in [0.2, 0.25) is 0 Å². The van der Waals surface area contributed by atoms with Gasteiger partial charge in [-0.2, -0.15) is 20.5 Å². The molecule has 0 radical (unpaired) electrons. The lowest BCUT2D eigenvalue weighted by Crippen LogP contribution is -2.29. The number of hydrogen-bond donors (Lipinski definition) is 1. The molecule has 2 aromatic rings. The number of rotatable bonds is 2. The van der Waals surface area contributed by atoms with E-state index in [9.17, 15) is 4.79 Å². The van der Waals surface area contributed by atoms with Crippen molar-refractivity contribution >= 4 is 21.8 Å². The molecular weight excluding hydrogens is 300 g/mol. The van der Waals surface area contributed by atoms with Crippen molar-refractivity contribution in [3.05, 3.63) is 28.8 Å². The number of aromatic nitrogens is 5. The van der Waals surface area contributed by atoms with Gasteiger partial charge in [0.25, 0.3) is 5.91 Å². The number of hydrogen-bond acceptors (Lipinski definition) is 4. The van der Waals surface area contributed by atoms with Gasteiger partial charge >= 0.3 is 0 Å². The Balaban J connectivity index is 1.70. The molecule has 1 amide bonds. The van der Waals surface area contributed by atoms with E-state index in [2.05, 4.69) is 36.4 Å². The highest BCUT2D eigenvalue weighted by Gasteiger charge is 2.29. The summed E-state index contributed by atoms with van der Waals surface area (Å²) in [6.07, 6.45) is 6.02. The molecule has 0 bridgehead atoms. The highest BCUT2D eigenvalue weighted by Crippen LogP contribution is 2.23. The zero-order valence-corrected chi connectivity index (χ0v) is 11.0. The first-order chi connectivity index (χ1) is 8.74. The second-order valence-electron chi connectivity index (χ2n) is 4.19. The Bertz CT molecular complexity index is 550. The minimum Gasteiger partial charge on any atom is -0.335 e. The second-order valence-corrected chi connectivity index (χ2v) is 5.10.